The molecule has 0 radical (unpaired) electrons. The molecule has 1 unspecified atom stereocenters. The molecule has 18 heavy (non-hydrogen) atoms. The Bertz CT molecular complexity index is 528. The molecule has 0 saturated carbocycles. The number of rotatable bonds is 4. The van der Waals surface area contributed by atoms with Crippen LogP contribution in [0, 0.1) is 0 Å². The summed E-state index contributed by atoms with van der Waals surface area (Å²) in [7, 11) is 3.54. The summed E-state index contributed by atoms with van der Waals surface area (Å²) in [5, 5.41) is 4.32. The van der Waals surface area contributed by atoms with E-state index in [4.69, 9.17) is 10.5 Å². The van der Waals surface area contributed by atoms with E-state index in [9.17, 15) is 0 Å². The minimum absolute atomic E-state index is 0.221. The van der Waals surface area contributed by atoms with E-state index in [2.05, 4.69) is 23.9 Å². The van der Waals surface area contributed by atoms with Crippen LogP contribution >= 0.6 is 0 Å². The van der Waals surface area contributed by atoms with E-state index in [1.165, 1.54) is 0 Å². The maximum atomic E-state index is 6.27. The van der Waals surface area contributed by atoms with Gasteiger partial charge in [0, 0.05) is 19.3 Å². The Balaban J connectivity index is 2.45. The quantitative estimate of drug-likeness (QED) is 0.885. The highest BCUT2D eigenvalue weighted by molar-refractivity contribution is 5.33. The lowest BCUT2D eigenvalue weighted by molar-refractivity contribution is 0.400. The monoisotopic (exact) mass is 249 g/mol. The molecule has 1 atom stereocenters. The summed E-state index contributed by atoms with van der Waals surface area (Å²) in [6.07, 6.45) is 5.33. The smallest absolute Gasteiger partial charge is 0.161 e. The predicted octanol–water partition coefficient (Wildman–Crippen LogP) is 1.25. The Morgan fingerprint density at radius 2 is 2.11 bits per heavy atom. The molecule has 6 heteroatoms. The second kappa shape index (κ2) is 4.81. The number of aromatic nitrogens is 4. The zero-order valence-electron chi connectivity index (χ0n) is 11.2. The number of methoxy groups -OCH3 is 1. The van der Waals surface area contributed by atoms with Crippen molar-refractivity contribution in [2.24, 2.45) is 12.8 Å². The molecule has 0 amide bonds. The van der Waals surface area contributed by atoms with Gasteiger partial charge in [-0.2, -0.15) is 5.10 Å². The largest absolute Gasteiger partial charge is 0.493 e. The molecule has 98 valence electrons. The van der Waals surface area contributed by atoms with Crippen LogP contribution in [0.3, 0.4) is 0 Å². The van der Waals surface area contributed by atoms with E-state index in [1.54, 1.807) is 19.6 Å². The van der Waals surface area contributed by atoms with Crippen molar-refractivity contribution < 1.29 is 4.74 Å². The average molecular weight is 249 g/mol. The van der Waals surface area contributed by atoms with Gasteiger partial charge in [-0.05, 0) is 13.8 Å². The molecule has 2 rings (SSSR count). The topological polar surface area (TPSA) is 70.9 Å². The molecule has 0 aliphatic rings. The fourth-order valence-electron chi connectivity index (χ4n) is 1.95. The van der Waals surface area contributed by atoms with Crippen molar-refractivity contribution >= 4 is 0 Å². The molecule has 0 spiro atoms. The highest BCUT2D eigenvalue weighted by atomic mass is 16.5. The van der Waals surface area contributed by atoms with E-state index in [0.717, 1.165) is 11.4 Å². The van der Waals surface area contributed by atoms with Gasteiger partial charge in [0.25, 0.3) is 0 Å². The fraction of sp³-hybridized carbons (Fsp3) is 0.500. The van der Waals surface area contributed by atoms with E-state index in [-0.39, 0.29) is 12.1 Å². The minimum atomic E-state index is -0.342. The summed E-state index contributed by atoms with van der Waals surface area (Å²) in [5.74, 6) is 0.696. The third-order valence-corrected chi connectivity index (χ3v) is 2.85. The molecular weight excluding hydrogens is 230 g/mol. The van der Waals surface area contributed by atoms with Gasteiger partial charge in [0.2, 0.25) is 0 Å². The second-order valence-electron chi connectivity index (χ2n) is 4.58. The molecule has 0 aliphatic carbocycles. The minimum Gasteiger partial charge on any atom is -0.493 e. The number of aryl methyl sites for hydroxylation is 1. The van der Waals surface area contributed by atoms with E-state index >= 15 is 0 Å². The van der Waals surface area contributed by atoms with Gasteiger partial charge in [-0.15, -0.1) is 0 Å². The van der Waals surface area contributed by atoms with Crippen LogP contribution in [0.15, 0.2) is 18.7 Å². The van der Waals surface area contributed by atoms with Crippen molar-refractivity contribution in [3.63, 3.8) is 0 Å². The third kappa shape index (κ3) is 2.11. The maximum absolute atomic E-state index is 6.27. The summed E-state index contributed by atoms with van der Waals surface area (Å²) in [6, 6.07) is -0.121. The van der Waals surface area contributed by atoms with Crippen molar-refractivity contribution in [2.45, 2.75) is 25.9 Å². The molecule has 0 bridgehead atoms. The first-order valence-electron chi connectivity index (χ1n) is 5.89. The standard InChI is InChI=1S/C12H19N5O/c1-8(2)17-12(10(18-4)5-15-17)11(13)9-6-16(3)7-14-9/h5-8,11H,13H2,1-4H3. The fourth-order valence-corrected chi connectivity index (χ4v) is 1.95. The third-order valence-electron chi connectivity index (χ3n) is 2.85. The van der Waals surface area contributed by atoms with Crippen LogP contribution in [0.25, 0.3) is 0 Å². The van der Waals surface area contributed by atoms with Gasteiger partial charge in [0.15, 0.2) is 5.75 Å². The Labute approximate surface area is 106 Å². The number of nitrogens with two attached hydrogens (primary N) is 1. The van der Waals surface area contributed by atoms with E-state index in [1.807, 2.05) is 22.5 Å². The van der Waals surface area contributed by atoms with Gasteiger partial charge < -0.3 is 15.0 Å². The number of hydrogen-bond donors (Lipinski definition) is 1. The number of nitrogens with zero attached hydrogens (tertiary/aromatic N) is 4. The van der Waals surface area contributed by atoms with Crippen molar-refractivity contribution in [3.8, 4) is 5.75 Å². The summed E-state index contributed by atoms with van der Waals surface area (Å²) < 4.78 is 9.07. The van der Waals surface area contributed by atoms with Crippen LogP contribution in [0.1, 0.15) is 37.3 Å². The lowest BCUT2D eigenvalue weighted by atomic mass is 10.1. The zero-order chi connectivity index (χ0) is 13.3. The van der Waals surface area contributed by atoms with Crippen LogP contribution in [-0.4, -0.2) is 26.4 Å². The van der Waals surface area contributed by atoms with Gasteiger partial charge in [-0.1, -0.05) is 0 Å². The molecule has 6 nitrogen and oxygen atoms in total. The summed E-state index contributed by atoms with van der Waals surface area (Å²) >= 11 is 0. The molecule has 0 saturated heterocycles. The van der Waals surface area contributed by atoms with Crippen molar-refractivity contribution in [2.75, 3.05) is 7.11 Å². The molecule has 0 fully saturated rings. The Morgan fingerprint density at radius 1 is 1.39 bits per heavy atom. The van der Waals surface area contributed by atoms with Crippen molar-refractivity contribution in [1.29, 1.82) is 0 Å². The van der Waals surface area contributed by atoms with Crippen LogP contribution in [0.2, 0.25) is 0 Å². The van der Waals surface area contributed by atoms with Crippen LogP contribution in [-0.2, 0) is 7.05 Å². The average Bonchev–Trinajstić information content (AvgIpc) is 2.93. The molecule has 2 aromatic rings. The number of hydrogen-bond acceptors (Lipinski definition) is 4. The van der Waals surface area contributed by atoms with E-state index < -0.39 is 0 Å². The maximum Gasteiger partial charge on any atom is 0.161 e. The first-order chi connectivity index (χ1) is 8.54. The number of ether oxygens (including phenoxy) is 1. The predicted molar refractivity (Wildman–Crippen MR) is 68.4 cm³/mol. The van der Waals surface area contributed by atoms with Crippen LogP contribution in [0.4, 0.5) is 0 Å². The normalized spacial score (nSPS) is 13.0. The highest BCUT2D eigenvalue weighted by Crippen LogP contribution is 2.29. The Morgan fingerprint density at radius 3 is 2.61 bits per heavy atom. The van der Waals surface area contributed by atoms with Gasteiger partial charge >= 0.3 is 0 Å². The molecular formula is C12H19N5O. The van der Waals surface area contributed by atoms with Crippen molar-refractivity contribution in [1.82, 2.24) is 19.3 Å². The SMILES string of the molecule is COc1cnn(C(C)C)c1C(N)c1cn(C)cn1. The molecule has 2 N–H and O–H groups in total. The zero-order valence-corrected chi connectivity index (χ0v) is 11.2. The Kier molecular flexibility index (Phi) is 3.38. The summed E-state index contributed by atoms with van der Waals surface area (Å²) in [6.45, 7) is 4.11. The molecule has 0 aliphatic heterocycles. The molecule has 2 aromatic heterocycles. The summed E-state index contributed by atoms with van der Waals surface area (Å²) in [5.41, 5.74) is 7.93. The van der Waals surface area contributed by atoms with Gasteiger partial charge in [-0.25, -0.2) is 4.98 Å². The molecule has 0 aromatic carbocycles. The molecule has 2 heterocycles. The van der Waals surface area contributed by atoms with Crippen LogP contribution in [0.5, 0.6) is 5.75 Å². The van der Waals surface area contributed by atoms with Crippen molar-refractivity contribution in [3.05, 3.63) is 30.1 Å². The lowest BCUT2D eigenvalue weighted by Crippen LogP contribution is -2.19. The first-order valence-corrected chi connectivity index (χ1v) is 5.89. The summed E-state index contributed by atoms with van der Waals surface area (Å²) in [4.78, 5) is 4.29. The van der Waals surface area contributed by atoms with Gasteiger partial charge in [0.05, 0.1) is 31.4 Å². The van der Waals surface area contributed by atoms with Gasteiger partial charge in [-0.3, -0.25) is 4.68 Å². The second-order valence-corrected chi connectivity index (χ2v) is 4.58. The lowest BCUT2D eigenvalue weighted by Gasteiger charge is -2.16. The first kappa shape index (κ1) is 12.6. The van der Waals surface area contributed by atoms with Gasteiger partial charge in [0.1, 0.15) is 5.69 Å². The van der Waals surface area contributed by atoms with E-state index in [0.29, 0.717) is 5.75 Å². The highest BCUT2D eigenvalue weighted by Gasteiger charge is 2.23. The number of imidazole rings is 1. The van der Waals surface area contributed by atoms with Crippen LogP contribution < -0.4 is 10.5 Å². The Hall–Kier alpha value is -1.82.